The van der Waals surface area contributed by atoms with Gasteiger partial charge in [-0.15, -0.1) is 11.3 Å². The number of alkyl halides is 2. The second-order valence-electron chi connectivity index (χ2n) is 6.16. The van der Waals surface area contributed by atoms with Crippen molar-refractivity contribution in [2.45, 2.75) is 25.8 Å². The van der Waals surface area contributed by atoms with Gasteiger partial charge in [-0.1, -0.05) is 24.3 Å². The molecule has 0 saturated heterocycles. The number of hydrogen-bond acceptors (Lipinski definition) is 3. The van der Waals surface area contributed by atoms with Gasteiger partial charge >= 0.3 is 6.55 Å². The Labute approximate surface area is 153 Å². The van der Waals surface area contributed by atoms with Gasteiger partial charge in [0, 0.05) is 30.2 Å². The number of rotatable bonds is 5. The zero-order valence-electron chi connectivity index (χ0n) is 13.9. The molecule has 4 nitrogen and oxygen atoms in total. The van der Waals surface area contributed by atoms with Gasteiger partial charge in [0.1, 0.15) is 5.82 Å². The van der Waals surface area contributed by atoms with Crippen molar-refractivity contribution in [3.05, 3.63) is 64.6 Å². The van der Waals surface area contributed by atoms with Gasteiger partial charge in [0.25, 0.3) is 5.91 Å². The lowest BCUT2D eigenvalue weighted by molar-refractivity contribution is 0.0670. The van der Waals surface area contributed by atoms with Crippen molar-refractivity contribution in [1.82, 2.24) is 14.9 Å². The van der Waals surface area contributed by atoms with E-state index < -0.39 is 6.55 Å². The zero-order chi connectivity index (χ0) is 18.1. The first-order valence-corrected chi connectivity index (χ1v) is 9.24. The number of hydrogen-bond donors (Lipinski definition) is 1. The molecule has 1 aliphatic rings. The van der Waals surface area contributed by atoms with E-state index in [1.807, 2.05) is 18.2 Å². The van der Waals surface area contributed by atoms with Crippen molar-refractivity contribution in [2.24, 2.45) is 0 Å². The smallest absolute Gasteiger partial charge is 0.319 e. The molecule has 4 rings (SSSR count). The molecular weight excluding hydrogens is 356 g/mol. The largest absolute Gasteiger partial charge is 0.351 e. The van der Waals surface area contributed by atoms with Crippen molar-refractivity contribution >= 4 is 17.2 Å². The summed E-state index contributed by atoms with van der Waals surface area (Å²) in [7, 11) is 0. The van der Waals surface area contributed by atoms with Crippen LogP contribution in [-0.2, 0) is 19.3 Å². The number of carbonyl (C=O) groups excluding carboxylic acids is 1. The number of imidazole rings is 1. The fourth-order valence-corrected chi connectivity index (χ4v) is 4.46. The van der Waals surface area contributed by atoms with Gasteiger partial charge in [0.05, 0.1) is 4.88 Å². The van der Waals surface area contributed by atoms with E-state index in [0.717, 1.165) is 22.3 Å². The Morgan fingerprint density at radius 3 is 2.92 bits per heavy atom. The third-order valence-corrected chi connectivity index (χ3v) is 5.76. The lowest BCUT2D eigenvalue weighted by Crippen LogP contribution is -2.25. The minimum Gasteiger partial charge on any atom is -0.351 e. The summed E-state index contributed by atoms with van der Waals surface area (Å²) in [4.78, 5) is 18.2. The van der Waals surface area contributed by atoms with Crippen molar-refractivity contribution in [3.8, 4) is 10.4 Å². The number of nitrogens with one attached hydrogen (secondary N) is 1. The molecule has 134 valence electrons. The molecule has 0 atom stereocenters. The number of fused-ring (bicyclic) bond motifs is 3. The number of nitrogens with zero attached hydrogens (tertiary/aromatic N) is 2. The summed E-state index contributed by atoms with van der Waals surface area (Å²) in [5.74, 6) is 0.0942. The Kier molecular flexibility index (Phi) is 4.55. The number of amides is 1. The van der Waals surface area contributed by atoms with E-state index in [-0.39, 0.29) is 24.7 Å². The van der Waals surface area contributed by atoms with Crippen LogP contribution in [0.3, 0.4) is 0 Å². The van der Waals surface area contributed by atoms with Crippen LogP contribution in [0.15, 0.2) is 42.7 Å². The van der Waals surface area contributed by atoms with Crippen LogP contribution in [0.25, 0.3) is 10.4 Å². The number of aryl methyl sites for hydroxylation is 2. The number of thiophene rings is 1. The molecule has 1 aliphatic carbocycles. The summed E-state index contributed by atoms with van der Waals surface area (Å²) >= 11 is 1.49. The van der Waals surface area contributed by atoms with Gasteiger partial charge in [0.15, 0.2) is 0 Å². The van der Waals surface area contributed by atoms with E-state index in [1.165, 1.54) is 40.4 Å². The van der Waals surface area contributed by atoms with E-state index in [0.29, 0.717) is 4.88 Å². The molecule has 26 heavy (non-hydrogen) atoms. The molecule has 1 N–H and O–H groups in total. The number of aromatic nitrogens is 2. The van der Waals surface area contributed by atoms with Crippen LogP contribution in [0.4, 0.5) is 8.78 Å². The fraction of sp³-hybridized carbons (Fsp3) is 0.263. The van der Waals surface area contributed by atoms with Crippen molar-refractivity contribution in [3.63, 3.8) is 0 Å². The third kappa shape index (κ3) is 3.14. The first-order valence-electron chi connectivity index (χ1n) is 8.42. The maximum atomic E-state index is 12.8. The number of halogens is 2. The summed E-state index contributed by atoms with van der Waals surface area (Å²) in [6.07, 6.45) is 4.76. The topological polar surface area (TPSA) is 46.9 Å². The molecule has 1 aromatic carbocycles. The maximum absolute atomic E-state index is 12.8. The van der Waals surface area contributed by atoms with Crippen molar-refractivity contribution < 1.29 is 13.6 Å². The number of benzene rings is 1. The number of carbonyl (C=O) groups is 1. The molecule has 7 heteroatoms. The molecule has 2 aromatic heterocycles. The lowest BCUT2D eigenvalue weighted by atomic mass is 9.91. The Hall–Kier alpha value is -2.54. The van der Waals surface area contributed by atoms with Gasteiger partial charge in [-0.2, -0.15) is 8.78 Å². The van der Waals surface area contributed by atoms with Crippen LogP contribution in [0.5, 0.6) is 0 Å². The molecule has 0 bridgehead atoms. The Balaban J connectivity index is 1.44. The molecule has 0 spiro atoms. The van der Waals surface area contributed by atoms with Crippen LogP contribution in [-0.4, -0.2) is 22.0 Å². The second kappa shape index (κ2) is 6.99. The Bertz CT molecular complexity index is 948. The van der Waals surface area contributed by atoms with E-state index in [4.69, 9.17) is 0 Å². The summed E-state index contributed by atoms with van der Waals surface area (Å²) in [5.41, 5.74) is 3.72. The van der Waals surface area contributed by atoms with Crippen LogP contribution >= 0.6 is 11.3 Å². The molecule has 2 heterocycles. The highest BCUT2D eigenvalue weighted by Crippen LogP contribution is 2.39. The predicted octanol–water partition coefficient (Wildman–Crippen LogP) is 4.08. The SMILES string of the molecule is O=C(NCCc1nccn1C(F)F)c1cc2c(s1)-c1ccccc1CC2. The van der Waals surface area contributed by atoms with Gasteiger partial charge in [-0.05, 0) is 35.6 Å². The molecule has 3 aromatic rings. The Morgan fingerprint density at radius 1 is 1.27 bits per heavy atom. The zero-order valence-corrected chi connectivity index (χ0v) is 14.7. The van der Waals surface area contributed by atoms with E-state index in [2.05, 4.69) is 22.4 Å². The molecule has 1 amide bonds. The highest BCUT2D eigenvalue weighted by molar-refractivity contribution is 7.17. The third-order valence-electron chi connectivity index (χ3n) is 4.55. The molecular formula is C19H17F2N3OS. The Morgan fingerprint density at radius 2 is 2.08 bits per heavy atom. The van der Waals surface area contributed by atoms with Gasteiger partial charge in [0.2, 0.25) is 0 Å². The molecule has 0 unspecified atom stereocenters. The second-order valence-corrected chi connectivity index (χ2v) is 7.21. The standard InChI is InChI=1S/C19H17F2N3OS/c20-19(21)24-10-9-22-16(24)7-8-23-18(25)15-11-13-6-5-12-3-1-2-4-14(12)17(13)26-15/h1-4,9-11,19H,5-8H2,(H,23,25). The van der Waals surface area contributed by atoms with Crippen LogP contribution in [0, 0.1) is 0 Å². The highest BCUT2D eigenvalue weighted by atomic mass is 32.1. The summed E-state index contributed by atoms with van der Waals surface area (Å²) in [6.45, 7) is -2.35. The van der Waals surface area contributed by atoms with E-state index >= 15 is 0 Å². The monoisotopic (exact) mass is 373 g/mol. The van der Waals surface area contributed by atoms with Crippen molar-refractivity contribution in [1.29, 1.82) is 0 Å². The molecule has 0 aliphatic heterocycles. The molecule has 0 radical (unpaired) electrons. The van der Waals surface area contributed by atoms with Crippen LogP contribution in [0.2, 0.25) is 0 Å². The molecule has 0 saturated carbocycles. The quantitative estimate of drug-likeness (QED) is 0.733. The molecule has 0 fully saturated rings. The summed E-state index contributed by atoms with van der Waals surface area (Å²) in [5, 5.41) is 2.81. The normalized spacial score (nSPS) is 12.7. The van der Waals surface area contributed by atoms with Gasteiger partial charge in [-0.25, -0.2) is 4.98 Å². The predicted molar refractivity (Wildman–Crippen MR) is 96.7 cm³/mol. The lowest BCUT2D eigenvalue weighted by Gasteiger charge is -2.15. The fourth-order valence-electron chi connectivity index (χ4n) is 3.27. The van der Waals surface area contributed by atoms with Gasteiger partial charge < -0.3 is 5.32 Å². The van der Waals surface area contributed by atoms with E-state index in [9.17, 15) is 13.6 Å². The average Bonchev–Trinajstić information content (AvgIpc) is 3.28. The van der Waals surface area contributed by atoms with Crippen LogP contribution in [0.1, 0.15) is 33.2 Å². The first-order chi connectivity index (χ1) is 12.6. The minimum atomic E-state index is -2.62. The summed E-state index contributed by atoms with van der Waals surface area (Å²) in [6, 6.07) is 10.2. The maximum Gasteiger partial charge on any atom is 0.319 e. The van der Waals surface area contributed by atoms with E-state index in [1.54, 1.807) is 0 Å². The van der Waals surface area contributed by atoms with Gasteiger partial charge in [-0.3, -0.25) is 9.36 Å². The average molecular weight is 373 g/mol. The summed E-state index contributed by atoms with van der Waals surface area (Å²) < 4.78 is 26.4. The van der Waals surface area contributed by atoms with Crippen molar-refractivity contribution in [2.75, 3.05) is 6.54 Å². The minimum absolute atomic E-state index is 0.169. The van der Waals surface area contributed by atoms with Crippen LogP contribution < -0.4 is 5.32 Å². The first kappa shape index (κ1) is 16.9. The highest BCUT2D eigenvalue weighted by Gasteiger charge is 2.21.